The number of hydrogen-bond donors (Lipinski definition) is 1. The van der Waals surface area contributed by atoms with Gasteiger partial charge in [-0.2, -0.15) is 0 Å². The van der Waals surface area contributed by atoms with Crippen LogP contribution in [-0.4, -0.2) is 47.1 Å². The van der Waals surface area contributed by atoms with Crippen molar-refractivity contribution >= 4 is 29.4 Å². The van der Waals surface area contributed by atoms with Gasteiger partial charge in [-0.1, -0.05) is 0 Å². The van der Waals surface area contributed by atoms with E-state index in [1.54, 1.807) is 24.3 Å². The molecule has 2 heterocycles. The summed E-state index contributed by atoms with van der Waals surface area (Å²) in [6, 6.07) is 6.58. The second-order valence-corrected chi connectivity index (χ2v) is 6.35. The van der Waals surface area contributed by atoms with Crippen molar-refractivity contribution in [3.05, 3.63) is 40.4 Å². The number of hydrogen-bond acceptors (Lipinski definition) is 5. The molecule has 1 amide bonds. The van der Waals surface area contributed by atoms with Gasteiger partial charge in [-0.05, 0) is 24.3 Å². The summed E-state index contributed by atoms with van der Waals surface area (Å²) in [5.41, 5.74) is 0.732. The minimum atomic E-state index is -1.09. The van der Waals surface area contributed by atoms with Gasteiger partial charge in [0.15, 0.2) is 5.78 Å². The predicted molar refractivity (Wildman–Crippen MR) is 84.3 cm³/mol. The molecule has 1 aromatic carbocycles. The molecule has 3 rings (SSSR count). The number of fused-ring (bicyclic) bond motifs is 1. The van der Waals surface area contributed by atoms with Crippen LogP contribution < -0.4 is 4.74 Å². The van der Waals surface area contributed by atoms with E-state index in [4.69, 9.17) is 9.84 Å². The topological polar surface area (TPSA) is 83.9 Å². The van der Waals surface area contributed by atoms with Crippen LogP contribution in [0.15, 0.2) is 34.9 Å². The van der Waals surface area contributed by atoms with Crippen molar-refractivity contribution in [3.8, 4) is 5.75 Å². The Hall–Kier alpha value is -2.28. The molecule has 2 aliphatic rings. The van der Waals surface area contributed by atoms with Gasteiger partial charge in [-0.15, -0.1) is 11.8 Å². The van der Waals surface area contributed by atoms with E-state index in [1.165, 1.54) is 23.8 Å². The first-order valence-corrected chi connectivity index (χ1v) is 8.10. The number of carboxylic acids is 1. The standard InChI is InChI=1S/C16H15NO5S/c1-22-10-4-2-9(3-5-10)14(20)13-11(8-12(18)19)15(21)17-6-7-23-16(13)17/h2-5,11H,6-8H2,1H3,(H,18,19). The zero-order valence-electron chi connectivity index (χ0n) is 12.4. The zero-order valence-corrected chi connectivity index (χ0v) is 13.3. The molecule has 0 saturated carbocycles. The van der Waals surface area contributed by atoms with Gasteiger partial charge in [-0.25, -0.2) is 0 Å². The van der Waals surface area contributed by atoms with E-state index in [-0.39, 0.29) is 18.1 Å². The van der Waals surface area contributed by atoms with Crippen LogP contribution in [0.3, 0.4) is 0 Å². The lowest BCUT2D eigenvalue weighted by Crippen LogP contribution is -2.29. The van der Waals surface area contributed by atoms with Gasteiger partial charge in [0.25, 0.3) is 0 Å². The Bertz CT molecular complexity index is 710. The second kappa shape index (κ2) is 6.08. The highest BCUT2D eigenvalue weighted by Crippen LogP contribution is 2.43. The summed E-state index contributed by atoms with van der Waals surface area (Å²) < 4.78 is 5.07. The number of aliphatic carboxylic acids is 1. The molecule has 0 radical (unpaired) electrons. The number of benzene rings is 1. The molecule has 0 aliphatic carbocycles. The van der Waals surface area contributed by atoms with Crippen LogP contribution in [0.2, 0.25) is 0 Å². The first-order valence-electron chi connectivity index (χ1n) is 7.12. The average molecular weight is 333 g/mol. The van der Waals surface area contributed by atoms with Crippen molar-refractivity contribution in [2.75, 3.05) is 19.4 Å². The van der Waals surface area contributed by atoms with E-state index in [2.05, 4.69) is 0 Å². The normalized spacial score (nSPS) is 20.0. The van der Waals surface area contributed by atoms with E-state index in [0.29, 0.717) is 28.5 Å². The maximum absolute atomic E-state index is 12.8. The Morgan fingerprint density at radius 3 is 2.65 bits per heavy atom. The summed E-state index contributed by atoms with van der Waals surface area (Å²) in [4.78, 5) is 37.9. The number of Topliss-reactive ketones (excluding diaryl/α,β-unsaturated/α-hetero) is 1. The summed E-state index contributed by atoms with van der Waals surface area (Å²) in [6.07, 6.45) is -0.364. The van der Waals surface area contributed by atoms with Crippen LogP contribution in [0.4, 0.5) is 0 Å². The monoisotopic (exact) mass is 333 g/mol. The quantitative estimate of drug-likeness (QED) is 0.827. The van der Waals surface area contributed by atoms with Crippen LogP contribution in [0.25, 0.3) is 0 Å². The van der Waals surface area contributed by atoms with E-state index in [9.17, 15) is 14.4 Å². The molecule has 2 aliphatic heterocycles. The summed E-state index contributed by atoms with van der Waals surface area (Å²) in [6.45, 7) is 0.522. The highest BCUT2D eigenvalue weighted by molar-refractivity contribution is 8.03. The lowest BCUT2D eigenvalue weighted by molar-refractivity contribution is -0.141. The number of carboxylic acid groups (broad SMARTS) is 1. The van der Waals surface area contributed by atoms with Gasteiger partial charge < -0.3 is 14.7 Å². The van der Waals surface area contributed by atoms with Gasteiger partial charge in [0.05, 0.1) is 24.5 Å². The van der Waals surface area contributed by atoms with E-state index in [1.807, 2.05) is 0 Å². The lowest BCUT2D eigenvalue weighted by atomic mass is 9.91. The Balaban J connectivity index is 1.98. The molecule has 1 unspecified atom stereocenters. The molecule has 6 nitrogen and oxygen atoms in total. The number of rotatable bonds is 5. The summed E-state index contributed by atoms with van der Waals surface area (Å²) >= 11 is 1.43. The molecule has 0 aromatic heterocycles. The fraction of sp³-hybridized carbons (Fsp3) is 0.312. The Labute approximate surface area is 137 Å². The van der Waals surface area contributed by atoms with Crippen molar-refractivity contribution in [1.29, 1.82) is 0 Å². The first-order chi connectivity index (χ1) is 11.0. The second-order valence-electron chi connectivity index (χ2n) is 5.27. The molecular weight excluding hydrogens is 318 g/mol. The van der Waals surface area contributed by atoms with E-state index >= 15 is 0 Å². The molecule has 23 heavy (non-hydrogen) atoms. The van der Waals surface area contributed by atoms with Gasteiger partial charge in [0, 0.05) is 23.4 Å². The maximum Gasteiger partial charge on any atom is 0.304 e. The largest absolute Gasteiger partial charge is 0.497 e. The van der Waals surface area contributed by atoms with Gasteiger partial charge in [-0.3, -0.25) is 14.4 Å². The van der Waals surface area contributed by atoms with Gasteiger partial charge in [0.2, 0.25) is 5.91 Å². The molecule has 0 bridgehead atoms. The molecule has 7 heteroatoms. The number of amides is 1. The zero-order chi connectivity index (χ0) is 16.6. The number of ether oxygens (including phenoxy) is 1. The average Bonchev–Trinajstić information content (AvgIpc) is 3.10. The van der Waals surface area contributed by atoms with Crippen molar-refractivity contribution in [1.82, 2.24) is 4.90 Å². The highest BCUT2D eigenvalue weighted by Gasteiger charge is 2.45. The fourth-order valence-corrected chi connectivity index (χ4v) is 4.02. The minimum absolute atomic E-state index is 0.288. The molecule has 120 valence electrons. The Morgan fingerprint density at radius 2 is 2.04 bits per heavy atom. The molecule has 1 atom stereocenters. The maximum atomic E-state index is 12.8. The van der Waals surface area contributed by atoms with Crippen molar-refractivity contribution in [2.24, 2.45) is 5.92 Å². The molecule has 1 saturated heterocycles. The molecule has 1 fully saturated rings. The first kappa shape index (κ1) is 15.6. The van der Waals surface area contributed by atoms with Crippen molar-refractivity contribution in [2.45, 2.75) is 6.42 Å². The summed E-state index contributed by atoms with van der Waals surface area (Å²) in [5, 5.41) is 9.68. The lowest BCUT2D eigenvalue weighted by Gasteiger charge is -2.12. The van der Waals surface area contributed by atoms with Crippen LogP contribution in [0.5, 0.6) is 5.75 Å². The van der Waals surface area contributed by atoms with Crippen LogP contribution in [0.1, 0.15) is 16.8 Å². The number of nitrogens with zero attached hydrogens (tertiary/aromatic N) is 1. The third-order valence-electron chi connectivity index (χ3n) is 3.92. The van der Waals surface area contributed by atoms with Crippen molar-refractivity contribution < 1.29 is 24.2 Å². The third kappa shape index (κ3) is 2.72. The summed E-state index contributed by atoms with van der Waals surface area (Å²) in [5.74, 6) is -1.22. The Morgan fingerprint density at radius 1 is 1.35 bits per heavy atom. The molecule has 0 spiro atoms. The summed E-state index contributed by atoms with van der Waals surface area (Å²) in [7, 11) is 1.53. The number of carbonyl (C=O) groups excluding carboxylic acids is 2. The van der Waals surface area contributed by atoms with Crippen LogP contribution >= 0.6 is 11.8 Å². The molecule has 1 aromatic rings. The number of thioether (sulfide) groups is 1. The number of methoxy groups -OCH3 is 1. The predicted octanol–water partition coefficient (Wildman–Crippen LogP) is 1.77. The number of ketones is 1. The third-order valence-corrected chi connectivity index (χ3v) is 5.02. The van der Waals surface area contributed by atoms with Crippen LogP contribution in [0, 0.1) is 5.92 Å². The van der Waals surface area contributed by atoms with E-state index < -0.39 is 11.9 Å². The Kier molecular flexibility index (Phi) is 4.12. The number of carbonyl (C=O) groups is 3. The fourth-order valence-electron chi connectivity index (χ4n) is 2.82. The molecule has 1 N–H and O–H groups in total. The van der Waals surface area contributed by atoms with Gasteiger partial charge in [0.1, 0.15) is 5.75 Å². The highest BCUT2D eigenvalue weighted by atomic mass is 32.2. The SMILES string of the molecule is COc1ccc(C(=O)C2=C3SCCN3C(=O)C2CC(=O)O)cc1. The van der Waals surface area contributed by atoms with Gasteiger partial charge >= 0.3 is 5.97 Å². The van der Waals surface area contributed by atoms with E-state index in [0.717, 1.165) is 5.75 Å². The smallest absolute Gasteiger partial charge is 0.304 e. The van der Waals surface area contributed by atoms with Crippen molar-refractivity contribution in [3.63, 3.8) is 0 Å². The minimum Gasteiger partial charge on any atom is -0.497 e. The molecular formula is C16H15NO5S. The van der Waals surface area contributed by atoms with Crippen LogP contribution in [-0.2, 0) is 9.59 Å².